The number of rotatable bonds is 8. The van der Waals surface area contributed by atoms with Gasteiger partial charge in [0, 0.05) is 37.3 Å². The van der Waals surface area contributed by atoms with Gasteiger partial charge in [0.05, 0.1) is 17.1 Å². The summed E-state index contributed by atoms with van der Waals surface area (Å²) in [6, 6.07) is 11.8. The minimum atomic E-state index is -3.77. The highest BCUT2D eigenvalue weighted by Gasteiger charge is 2.33. The van der Waals surface area contributed by atoms with Gasteiger partial charge in [0.25, 0.3) is 0 Å². The summed E-state index contributed by atoms with van der Waals surface area (Å²) in [5.41, 5.74) is 0.928. The summed E-state index contributed by atoms with van der Waals surface area (Å²) in [5.74, 6) is 0.135. The average Bonchev–Trinajstić information content (AvgIpc) is 2.81. The minimum Gasteiger partial charge on any atom is -0.477 e. The molecule has 1 aliphatic heterocycles. The first-order chi connectivity index (χ1) is 15.0. The summed E-state index contributed by atoms with van der Waals surface area (Å²) >= 11 is 0. The van der Waals surface area contributed by atoms with Crippen LogP contribution >= 0.6 is 0 Å². The van der Waals surface area contributed by atoms with Crippen molar-refractivity contribution in [2.45, 2.75) is 37.6 Å². The van der Waals surface area contributed by atoms with E-state index in [-0.39, 0.29) is 35.4 Å². The first kappa shape index (κ1) is 22.7. The van der Waals surface area contributed by atoms with Crippen LogP contribution in [0.3, 0.4) is 0 Å². The van der Waals surface area contributed by atoms with E-state index in [0.29, 0.717) is 31.9 Å². The molecular formula is C22H26N4O4S. The zero-order chi connectivity index (χ0) is 22.3. The number of amides is 1. The normalized spacial score (nSPS) is 15.2. The Balaban J connectivity index is 1.58. The lowest BCUT2D eigenvalue weighted by molar-refractivity contribution is -0.126. The molecule has 1 aromatic carbocycles. The number of piperidine rings is 1. The van der Waals surface area contributed by atoms with E-state index in [9.17, 15) is 18.5 Å². The lowest BCUT2D eigenvalue weighted by Crippen LogP contribution is -2.43. The second-order valence-electron chi connectivity index (χ2n) is 7.32. The van der Waals surface area contributed by atoms with E-state index in [4.69, 9.17) is 4.74 Å². The predicted octanol–water partition coefficient (Wildman–Crippen LogP) is 2.46. The van der Waals surface area contributed by atoms with Crippen molar-refractivity contribution in [3.63, 3.8) is 0 Å². The van der Waals surface area contributed by atoms with Gasteiger partial charge in [-0.2, -0.15) is 9.57 Å². The molecule has 2 aromatic rings. The van der Waals surface area contributed by atoms with E-state index in [2.05, 4.69) is 10.3 Å². The van der Waals surface area contributed by atoms with Gasteiger partial charge in [-0.1, -0.05) is 25.1 Å². The summed E-state index contributed by atoms with van der Waals surface area (Å²) < 4.78 is 32.8. The van der Waals surface area contributed by atoms with Gasteiger partial charge >= 0.3 is 0 Å². The van der Waals surface area contributed by atoms with Gasteiger partial charge in [-0.15, -0.1) is 0 Å². The van der Waals surface area contributed by atoms with Crippen LogP contribution in [0.25, 0.3) is 0 Å². The van der Waals surface area contributed by atoms with Gasteiger partial charge in [-0.25, -0.2) is 13.4 Å². The van der Waals surface area contributed by atoms with Crippen molar-refractivity contribution in [1.29, 1.82) is 5.26 Å². The third-order valence-corrected chi connectivity index (χ3v) is 7.15. The van der Waals surface area contributed by atoms with Crippen molar-refractivity contribution in [3.05, 3.63) is 53.7 Å². The van der Waals surface area contributed by atoms with E-state index in [1.165, 1.54) is 16.4 Å². The summed E-state index contributed by atoms with van der Waals surface area (Å²) in [5, 5.41) is 12.1. The van der Waals surface area contributed by atoms with Crippen LogP contribution < -0.4 is 10.1 Å². The Morgan fingerprint density at radius 1 is 1.26 bits per heavy atom. The molecule has 1 amide bonds. The van der Waals surface area contributed by atoms with Gasteiger partial charge in [-0.05, 0) is 37.5 Å². The first-order valence-electron chi connectivity index (χ1n) is 10.3. The number of carbonyl (C=O) groups is 1. The van der Waals surface area contributed by atoms with Crippen LogP contribution in [0.1, 0.15) is 37.3 Å². The zero-order valence-electron chi connectivity index (χ0n) is 17.5. The van der Waals surface area contributed by atoms with E-state index < -0.39 is 10.0 Å². The highest BCUT2D eigenvalue weighted by atomic mass is 32.2. The molecule has 3 rings (SSSR count). The van der Waals surface area contributed by atoms with E-state index in [1.54, 1.807) is 24.4 Å². The van der Waals surface area contributed by atoms with Crippen LogP contribution in [0.5, 0.6) is 5.88 Å². The van der Waals surface area contributed by atoms with Crippen LogP contribution in [0.4, 0.5) is 0 Å². The van der Waals surface area contributed by atoms with Crippen molar-refractivity contribution in [1.82, 2.24) is 14.6 Å². The number of carbonyl (C=O) groups excluding carboxylic acids is 1. The van der Waals surface area contributed by atoms with Gasteiger partial charge in [0.2, 0.25) is 21.8 Å². The van der Waals surface area contributed by atoms with Crippen LogP contribution in [-0.2, 0) is 21.4 Å². The molecule has 0 aliphatic carbocycles. The third-order valence-electron chi connectivity index (χ3n) is 5.20. The fourth-order valence-electron chi connectivity index (χ4n) is 3.50. The molecule has 8 nitrogen and oxygen atoms in total. The second-order valence-corrected chi connectivity index (χ2v) is 9.23. The lowest BCUT2D eigenvalue weighted by Gasteiger charge is -2.30. The minimum absolute atomic E-state index is 0.0107. The SMILES string of the molecule is CCCOc1ncccc1CNC(=O)C1CCN(S(=O)(=O)c2ccccc2C#N)CC1. The van der Waals surface area contributed by atoms with Gasteiger partial charge in [-0.3, -0.25) is 4.79 Å². The van der Waals surface area contributed by atoms with Crippen LogP contribution in [-0.4, -0.2) is 43.3 Å². The number of sulfonamides is 1. The average molecular weight is 443 g/mol. The number of hydrogen-bond donors (Lipinski definition) is 1. The Bertz CT molecular complexity index is 1060. The zero-order valence-corrected chi connectivity index (χ0v) is 18.3. The molecule has 1 aliphatic rings. The molecule has 0 saturated carbocycles. The Kier molecular flexibility index (Phi) is 7.60. The smallest absolute Gasteiger partial charge is 0.244 e. The Morgan fingerprint density at radius 3 is 2.71 bits per heavy atom. The molecule has 1 N–H and O–H groups in total. The molecule has 0 bridgehead atoms. The molecule has 164 valence electrons. The van der Waals surface area contributed by atoms with E-state index in [1.807, 2.05) is 19.1 Å². The van der Waals surface area contributed by atoms with Crippen LogP contribution in [0.2, 0.25) is 0 Å². The van der Waals surface area contributed by atoms with Gasteiger partial charge in [0.15, 0.2) is 0 Å². The van der Waals surface area contributed by atoms with Crippen molar-refractivity contribution in [2.24, 2.45) is 5.92 Å². The maximum atomic E-state index is 12.9. The summed E-state index contributed by atoms with van der Waals surface area (Å²) in [6.45, 7) is 3.34. The number of benzene rings is 1. The maximum absolute atomic E-state index is 12.9. The number of pyridine rings is 1. The van der Waals surface area contributed by atoms with Crippen molar-refractivity contribution < 1.29 is 17.9 Å². The first-order valence-corrected chi connectivity index (χ1v) is 11.7. The van der Waals surface area contributed by atoms with E-state index in [0.717, 1.165) is 12.0 Å². The second kappa shape index (κ2) is 10.4. The van der Waals surface area contributed by atoms with Crippen molar-refractivity contribution >= 4 is 15.9 Å². The number of hydrogen-bond acceptors (Lipinski definition) is 6. The monoisotopic (exact) mass is 442 g/mol. The van der Waals surface area contributed by atoms with E-state index >= 15 is 0 Å². The molecule has 1 aromatic heterocycles. The number of aromatic nitrogens is 1. The third kappa shape index (κ3) is 5.40. The molecule has 0 atom stereocenters. The molecule has 0 spiro atoms. The maximum Gasteiger partial charge on any atom is 0.244 e. The number of nitrogens with zero attached hydrogens (tertiary/aromatic N) is 3. The molecule has 31 heavy (non-hydrogen) atoms. The Hall–Kier alpha value is -2.96. The quantitative estimate of drug-likeness (QED) is 0.672. The van der Waals surface area contributed by atoms with Crippen LogP contribution in [0, 0.1) is 17.2 Å². The van der Waals surface area contributed by atoms with Crippen molar-refractivity contribution in [2.75, 3.05) is 19.7 Å². The van der Waals surface area contributed by atoms with Gasteiger partial charge < -0.3 is 10.1 Å². The molecule has 0 radical (unpaired) electrons. The number of ether oxygens (including phenoxy) is 1. The molecule has 0 unspecified atom stereocenters. The molecule has 2 heterocycles. The summed E-state index contributed by atoms with van der Waals surface area (Å²) in [4.78, 5) is 16.9. The Labute approximate surface area is 182 Å². The topological polar surface area (TPSA) is 112 Å². The highest BCUT2D eigenvalue weighted by Crippen LogP contribution is 2.26. The fourth-order valence-corrected chi connectivity index (χ4v) is 5.11. The predicted molar refractivity (Wildman–Crippen MR) is 115 cm³/mol. The lowest BCUT2D eigenvalue weighted by atomic mass is 9.97. The fraction of sp³-hybridized carbons (Fsp3) is 0.409. The molecule has 1 saturated heterocycles. The largest absolute Gasteiger partial charge is 0.477 e. The summed E-state index contributed by atoms with van der Waals surface area (Å²) in [6.07, 6.45) is 3.36. The highest BCUT2D eigenvalue weighted by molar-refractivity contribution is 7.89. The van der Waals surface area contributed by atoms with Gasteiger partial charge in [0.1, 0.15) is 6.07 Å². The number of nitrogens with one attached hydrogen (secondary N) is 1. The Morgan fingerprint density at radius 2 is 2.00 bits per heavy atom. The summed E-state index contributed by atoms with van der Waals surface area (Å²) in [7, 11) is -3.77. The van der Waals surface area contributed by atoms with Crippen LogP contribution in [0.15, 0.2) is 47.5 Å². The standard InChI is InChI=1S/C22H26N4O4S/c1-2-14-30-22-19(7-5-11-24-22)16-25-21(27)17-9-12-26(13-10-17)31(28,29)20-8-4-3-6-18(20)15-23/h3-8,11,17H,2,9-10,12-14,16H2,1H3,(H,25,27). The molecule has 9 heteroatoms. The van der Waals surface area contributed by atoms with Crippen molar-refractivity contribution in [3.8, 4) is 11.9 Å². The number of nitriles is 1. The molecule has 1 fully saturated rings. The molecular weight excluding hydrogens is 416 g/mol.